The maximum Gasteiger partial charge on any atom is 0.308 e. The first kappa shape index (κ1) is 13.3. The number of carbonyl (C=O) groups is 1. The lowest BCUT2D eigenvalue weighted by atomic mass is 9.86. The van der Waals surface area contributed by atoms with Crippen molar-refractivity contribution in [3.05, 3.63) is 0 Å². The van der Waals surface area contributed by atoms with Gasteiger partial charge >= 0.3 is 5.97 Å². The molecule has 3 rings (SSSR count). The molecule has 1 aliphatic carbocycles. The number of carbonyl (C=O) groups excluding carboxylic acids is 1. The molecule has 0 amide bonds. The number of esters is 1. The predicted molar refractivity (Wildman–Crippen MR) is 72.1 cm³/mol. The van der Waals surface area contributed by atoms with E-state index in [0.717, 1.165) is 63.8 Å². The quantitative estimate of drug-likeness (QED) is 0.445. The fourth-order valence-electron chi connectivity index (χ4n) is 3.53. The molecule has 0 spiro atoms. The van der Waals surface area contributed by atoms with E-state index in [1.807, 2.05) is 5.01 Å². The molecule has 19 heavy (non-hydrogen) atoms. The van der Waals surface area contributed by atoms with Crippen LogP contribution in [0.4, 0.5) is 0 Å². The molecule has 0 aromatic heterocycles. The average Bonchev–Trinajstić information content (AvgIpc) is 2.78. The number of hydrogen-bond donors (Lipinski definition) is 1. The summed E-state index contributed by atoms with van der Waals surface area (Å²) in [7, 11) is 0. The van der Waals surface area contributed by atoms with Crippen molar-refractivity contribution >= 4 is 5.97 Å². The molecule has 3 aliphatic rings. The monoisotopic (exact) mass is 267 g/mol. The van der Waals surface area contributed by atoms with Gasteiger partial charge in [-0.05, 0) is 31.1 Å². The van der Waals surface area contributed by atoms with Crippen molar-refractivity contribution in [1.29, 1.82) is 0 Å². The van der Waals surface area contributed by atoms with Crippen LogP contribution < -0.4 is 5.84 Å². The van der Waals surface area contributed by atoms with Crippen molar-refractivity contribution in [1.82, 2.24) is 9.91 Å². The topological polar surface area (TPSA) is 58.8 Å². The number of nitrogens with zero attached hydrogens (tertiary/aromatic N) is 2. The average molecular weight is 267 g/mol. The summed E-state index contributed by atoms with van der Waals surface area (Å²) in [5, 5.41) is 1.95. The van der Waals surface area contributed by atoms with E-state index in [1.165, 1.54) is 6.42 Å². The molecule has 0 aromatic carbocycles. The van der Waals surface area contributed by atoms with E-state index in [-0.39, 0.29) is 11.9 Å². The molecule has 0 radical (unpaired) electrons. The van der Waals surface area contributed by atoms with E-state index in [9.17, 15) is 4.79 Å². The van der Waals surface area contributed by atoms with Crippen LogP contribution in [-0.2, 0) is 9.53 Å². The lowest BCUT2D eigenvalue weighted by Gasteiger charge is -2.23. The normalized spacial score (nSPS) is 32.3. The molecule has 0 aromatic rings. The van der Waals surface area contributed by atoms with Gasteiger partial charge in [-0.1, -0.05) is 6.42 Å². The largest absolute Gasteiger partial charge is 0.465 e. The number of hydrogen-bond acceptors (Lipinski definition) is 5. The SMILES string of the molecule is NN1C[C@@H]2CN(CCCOC(=O)C3CCC3)C[C@@H]2C1. The molecule has 2 N–H and O–H groups in total. The number of rotatable bonds is 5. The Hall–Kier alpha value is -0.650. The smallest absolute Gasteiger partial charge is 0.308 e. The first-order valence-corrected chi connectivity index (χ1v) is 7.61. The molecule has 3 fully saturated rings. The molecule has 108 valence electrons. The zero-order valence-corrected chi connectivity index (χ0v) is 11.6. The Bertz CT molecular complexity index is 319. The second-order valence-electron chi connectivity index (χ2n) is 6.38. The van der Waals surface area contributed by atoms with Gasteiger partial charge in [0.1, 0.15) is 0 Å². The first-order chi connectivity index (χ1) is 9.22. The van der Waals surface area contributed by atoms with E-state index in [4.69, 9.17) is 10.6 Å². The minimum Gasteiger partial charge on any atom is -0.465 e. The van der Waals surface area contributed by atoms with Crippen molar-refractivity contribution < 1.29 is 9.53 Å². The second kappa shape index (κ2) is 5.77. The van der Waals surface area contributed by atoms with Crippen LogP contribution in [0, 0.1) is 17.8 Å². The molecular weight excluding hydrogens is 242 g/mol. The summed E-state index contributed by atoms with van der Waals surface area (Å²) in [6.45, 7) is 6.04. The van der Waals surface area contributed by atoms with Gasteiger partial charge in [-0.2, -0.15) is 0 Å². The van der Waals surface area contributed by atoms with Crippen molar-refractivity contribution in [2.45, 2.75) is 25.7 Å². The van der Waals surface area contributed by atoms with Gasteiger partial charge in [0.25, 0.3) is 0 Å². The highest BCUT2D eigenvalue weighted by atomic mass is 16.5. The maximum atomic E-state index is 11.6. The van der Waals surface area contributed by atoms with Crippen LogP contribution in [0.15, 0.2) is 0 Å². The number of likely N-dealkylation sites (tertiary alicyclic amines) is 1. The van der Waals surface area contributed by atoms with Gasteiger partial charge in [0, 0.05) is 32.7 Å². The van der Waals surface area contributed by atoms with Gasteiger partial charge in [0.15, 0.2) is 0 Å². The van der Waals surface area contributed by atoms with Crippen LogP contribution in [0.3, 0.4) is 0 Å². The van der Waals surface area contributed by atoms with Crippen molar-refractivity contribution in [3.63, 3.8) is 0 Å². The van der Waals surface area contributed by atoms with Crippen LogP contribution in [0.25, 0.3) is 0 Å². The lowest BCUT2D eigenvalue weighted by molar-refractivity contribution is -0.151. The van der Waals surface area contributed by atoms with Crippen LogP contribution >= 0.6 is 0 Å². The van der Waals surface area contributed by atoms with E-state index < -0.39 is 0 Å². The number of nitrogens with two attached hydrogens (primary N) is 1. The minimum atomic E-state index is 0.0308. The maximum absolute atomic E-state index is 11.6. The van der Waals surface area contributed by atoms with Crippen LogP contribution in [0.5, 0.6) is 0 Å². The van der Waals surface area contributed by atoms with E-state index in [0.29, 0.717) is 6.61 Å². The van der Waals surface area contributed by atoms with Gasteiger partial charge < -0.3 is 9.64 Å². The number of hydrazine groups is 1. The van der Waals surface area contributed by atoms with Gasteiger partial charge in [-0.15, -0.1) is 0 Å². The standard InChI is InChI=1S/C14H25N3O2/c15-17-9-12-7-16(8-13(12)10-17)5-2-6-19-14(18)11-3-1-4-11/h11-13H,1-10,15H2/t12-,13+. The molecule has 0 bridgehead atoms. The van der Waals surface area contributed by atoms with E-state index >= 15 is 0 Å². The van der Waals surface area contributed by atoms with Crippen molar-refractivity contribution in [2.75, 3.05) is 39.3 Å². The van der Waals surface area contributed by atoms with Gasteiger partial charge in [0.2, 0.25) is 0 Å². The summed E-state index contributed by atoms with van der Waals surface area (Å²) in [5.74, 6) is 7.58. The molecule has 2 atom stereocenters. The Morgan fingerprint density at radius 1 is 1.16 bits per heavy atom. The van der Waals surface area contributed by atoms with Crippen LogP contribution in [0.2, 0.25) is 0 Å². The lowest BCUT2D eigenvalue weighted by Crippen LogP contribution is -2.33. The van der Waals surface area contributed by atoms with Crippen LogP contribution in [-0.4, -0.2) is 55.2 Å². The zero-order valence-electron chi connectivity index (χ0n) is 11.6. The molecule has 2 heterocycles. The summed E-state index contributed by atoms with van der Waals surface area (Å²) < 4.78 is 5.32. The highest BCUT2D eigenvalue weighted by Crippen LogP contribution is 2.29. The minimum absolute atomic E-state index is 0.0308. The van der Waals surface area contributed by atoms with E-state index in [1.54, 1.807) is 0 Å². The third-order valence-corrected chi connectivity index (χ3v) is 4.89. The highest BCUT2D eigenvalue weighted by molar-refractivity contribution is 5.73. The zero-order chi connectivity index (χ0) is 13.2. The van der Waals surface area contributed by atoms with Crippen molar-refractivity contribution in [2.24, 2.45) is 23.6 Å². The van der Waals surface area contributed by atoms with Gasteiger partial charge in [-0.25, -0.2) is 5.01 Å². The highest BCUT2D eigenvalue weighted by Gasteiger charge is 2.38. The molecule has 5 heteroatoms. The number of ether oxygens (including phenoxy) is 1. The number of fused-ring (bicyclic) bond motifs is 1. The molecular formula is C14H25N3O2. The summed E-state index contributed by atoms with van der Waals surface area (Å²) >= 11 is 0. The summed E-state index contributed by atoms with van der Waals surface area (Å²) in [4.78, 5) is 14.1. The van der Waals surface area contributed by atoms with E-state index in [2.05, 4.69) is 4.90 Å². The third kappa shape index (κ3) is 3.09. The second-order valence-corrected chi connectivity index (χ2v) is 6.38. The Morgan fingerprint density at radius 3 is 2.42 bits per heavy atom. The summed E-state index contributed by atoms with van der Waals surface area (Å²) in [5.41, 5.74) is 0. The molecule has 0 unspecified atom stereocenters. The molecule has 1 saturated carbocycles. The summed E-state index contributed by atoms with van der Waals surface area (Å²) in [6, 6.07) is 0. The Labute approximate surface area is 115 Å². The Kier molecular flexibility index (Phi) is 4.05. The Morgan fingerprint density at radius 2 is 1.84 bits per heavy atom. The van der Waals surface area contributed by atoms with Gasteiger partial charge in [0.05, 0.1) is 12.5 Å². The predicted octanol–water partition coefficient (Wildman–Crippen LogP) is 0.457. The molecule has 2 aliphatic heterocycles. The first-order valence-electron chi connectivity index (χ1n) is 7.61. The Balaban J connectivity index is 1.28. The molecule has 2 saturated heterocycles. The third-order valence-electron chi connectivity index (χ3n) is 4.89. The van der Waals surface area contributed by atoms with Crippen molar-refractivity contribution in [3.8, 4) is 0 Å². The summed E-state index contributed by atoms with van der Waals surface area (Å²) in [6.07, 6.45) is 4.21. The van der Waals surface area contributed by atoms with Gasteiger partial charge in [-0.3, -0.25) is 10.6 Å². The fourth-order valence-corrected chi connectivity index (χ4v) is 3.53. The van der Waals surface area contributed by atoms with Crippen LogP contribution in [0.1, 0.15) is 25.7 Å². The fraction of sp³-hybridized carbons (Fsp3) is 0.929. The molecule has 5 nitrogen and oxygen atoms in total.